The molecule has 2 aliphatic heterocycles. The van der Waals surface area contributed by atoms with Crippen LogP contribution in [-0.2, 0) is 19.6 Å². The topological polar surface area (TPSA) is 156 Å². The number of nitrogens with zero attached hydrogens (tertiary/aromatic N) is 5. The molecule has 256 valence electrons. The lowest BCUT2D eigenvalue weighted by molar-refractivity contribution is -0.192. The number of hydrogen-bond acceptors (Lipinski definition) is 10. The van der Waals surface area contributed by atoms with Gasteiger partial charge in [0.15, 0.2) is 5.52 Å². The third kappa shape index (κ3) is 7.16. The number of carbonyl (C=O) groups is 2. The Morgan fingerprint density at radius 1 is 0.917 bits per heavy atom. The first-order valence-electron chi connectivity index (χ1n) is 14.7. The molecule has 13 nitrogen and oxygen atoms in total. The van der Waals surface area contributed by atoms with E-state index in [1.165, 1.54) is 10.4 Å². The van der Waals surface area contributed by atoms with E-state index in [1.807, 2.05) is 53.4 Å². The first-order valence-corrected chi connectivity index (χ1v) is 16.1. The summed E-state index contributed by atoms with van der Waals surface area (Å²) in [5.74, 6) is -2.15. The Morgan fingerprint density at radius 2 is 1.60 bits per heavy atom. The molecule has 3 heterocycles. The van der Waals surface area contributed by atoms with Crippen molar-refractivity contribution in [2.75, 3.05) is 58.4 Å². The lowest BCUT2D eigenvalue weighted by Crippen LogP contribution is -2.51. The zero-order valence-electron chi connectivity index (χ0n) is 25.8. The van der Waals surface area contributed by atoms with Crippen molar-refractivity contribution in [3.63, 3.8) is 0 Å². The van der Waals surface area contributed by atoms with Crippen molar-refractivity contribution >= 4 is 38.6 Å². The molecule has 6 rings (SSSR count). The van der Waals surface area contributed by atoms with Crippen LogP contribution in [0.15, 0.2) is 76.3 Å². The van der Waals surface area contributed by atoms with E-state index in [0.29, 0.717) is 31.7 Å². The number of aliphatic carboxylic acids is 1. The van der Waals surface area contributed by atoms with Gasteiger partial charge in [-0.2, -0.15) is 17.5 Å². The summed E-state index contributed by atoms with van der Waals surface area (Å²) >= 11 is 0. The Bertz CT molecular complexity index is 1860. The third-order valence-electron chi connectivity index (χ3n) is 8.26. The minimum absolute atomic E-state index is 0.0250. The first kappa shape index (κ1) is 34.4. The number of carbonyl (C=O) groups excluding carboxylic acids is 1. The molecule has 2 fully saturated rings. The van der Waals surface area contributed by atoms with Crippen LogP contribution in [-0.4, -0.2) is 105 Å². The molecule has 0 saturated carbocycles. The molecule has 1 aromatic heterocycles. The fraction of sp³-hybridized carbons (Fsp3) is 0.355. The lowest BCUT2D eigenvalue weighted by Gasteiger charge is -2.38. The molecule has 0 spiro atoms. The molecule has 1 amide bonds. The predicted molar refractivity (Wildman–Crippen MR) is 165 cm³/mol. The van der Waals surface area contributed by atoms with Gasteiger partial charge in [0.25, 0.3) is 0 Å². The van der Waals surface area contributed by atoms with Gasteiger partial charge in [0.2, 0.25) is 15.9 Å². The Balaban J connectivity index is 0.000000582. The van der Waals surface area contributed by atoms with E-state index in [-0.39, 0.29) is 35.3 Å². The highest BCUT2D eigenvalue weighted by Gasteiger charge is 2.45. The average Bonchev–Trinajstić information content (AvgIpc) is 3.76. The molecule has 2 atom stereocenters. The van der Waals surface area contributed by atoms with Crippen LogP contribution in [0.2, 0.25) is 0 Å². The van der Waals surface area contributed by atoms with Gasteiger partial charge in [-0.05, 0) is 40.1 Å². The zero-order chi connectivity index (χ0) is 34.6. The number of methoxy groups -OCH3 is 2. The van der Waals surface area contributed by atoms with Crippen LogP contribution < -0.4 is 14.4 Å². The Kier molecular flexibility index (Phi) is 10.1. The van der Waals surface area contributed by atoms with Gasteiger partial charge < -0.3 is 24.4 Å². The van der Waals surface area contributed by atoms with Crippen molar-refractivity contribution < 1.29 is 50.4 Å². The SMILES string of the molecule is COc1ccc(OC)c(N2CCN(C(=O)[C@@H]3CN(S(=O)(=O)c4cccc5nonc45)C[C@H]3c3ccccc3)CC2)c1.O=C(O)C(F)(F)F. The molecular formula is C31H32F3N5O8S. The fourth-order valence-electron chi connectivity index (χ4n) is 5.83. The Morgan fingerprint density at radius 3 is 2.23 bits per heavy atom. The van der Waals surface area contributed by atoms with Gasteiger partial charge in [0.05, 0.1) is 25.8 Å². The number of alkyl halides is 3. The van der Waals surface area contributed by atoms with Crippen molar-refractivity contribution in [2.45, 2.75) is 17.0 Å². The summed E-state index contributed by atoms with van der Waals surface area (Å²) in [6.45, 7) is 2.50. The number of sulfonamides is 1. The summed E-state index contributed by atoms with van der Waals surface area (Å²) in [6.07, 6.45) is -5.08. The lowest BCUT2D eigenvalue weighted by atomic mass is 9.88. The van der Waals surface area contributed by atoms with E-state index < -0.39 is 28.1 Å². The largest absolute Gasteiger partial charge is 0.497 e. The summed E-state index contributed by atoms with van der Waals surface area (Å²) in [5, 5.41) is 14.7. The second-order valence-corrected chi connectivity index (χ2v) is 12.9. The molecule has 2 aliphatic rings. The van der Waals surface area contributed by atoms with Gasteiger partial charge in [-0.15, -0.1) is 0 Å². The Labute approximate surface area is 273 Å². The number of benzene rings is 3. The van der Waals surface area contributed by atoms with Gasteiger partial charge in [-0.25, -0.2) is 17.8 Å². The van der Waals surface area contributed by atoms with E-state index in [2.05, 4.69) is 15.2 Å². The number of hydrogen-bond donors (Lipinski definition) is 1. The standard InChI is InChI=1S/C29H31N5O6S.C2HF3O2/c1-38-21-11-12-26(39-2)25(17-21)32-13-15-33(16-14-32)29(35)23-19-34(18-22(23)20-7-4-3-5-8-20)41(36,37)27-10-6-9-24-28(27)31-40-30-24;3-2(4,5)1(6)7/h3-12,17,22-23H,13-16,18-19H2,1-2H3;(H,6,7)/t22-,23+;/m0./s1. The van der Waals surface area contributed by atoms with Crippen LogP contribution in [0.1, 0.15) is 11.5 Å². The van der Waals surface area contributed by atoms with Crippen LogP contribution in [0.4, 0.5) is 18.9 Å². The zero-order valence-corrected chi connectivity index (χ0v) is 26.6. The summed E-state index contributed by atoms with van der Waals surface area (Å²) in [6, 6.07) is 20.1. The van der Waals surface area contributed by atoms with E-state index in [4.69, 9.17) is 24.0 Å². The van der Waals surface area contributed by atoms with Crippen LogP contribution in [0.25, 0.3) is 11.0 Å². The van der Waals surface area contributed by atoms with E-state index in [1.54, 1.807) is 26.4 Å². The molecular weight excluding hydrogens is 659 g/mol. The molecule has 3 aromatic carbocycles. The number of fused-ring (bicyclic) bond motifs is 1. The number of ether oxygens (including phenoxy) is 2. The highest BCUT2D eigenvalue weighted by molar-refractivity contribution is 7.89. The summed E-state index contributed by atoms with van der Waals surface area (Å²) in [4.78, 5) is 27.0. The fourth-order valence-corrected chi connectivity index (χ4v) is 7.46. The van der Waals surface area contributed by atoms with Crippen LogP contribution in [0, 0.1) is 5.92 Å². The number of anilines is 1. The second-order valence-electron chi connectivity index (χ2n) is 11.0. The number of rotatable bonds is 7. The second kappa shape index (κ2) is 14.1. The molecule has 0 aliphatic carbocycles. The summed E-state index contributed by atoms with van der Waals surface area (Å²) < 4.78 is 76.6. The molecule has 2 saturated heterocycles. The number of carboxylic acids is 1. The Hall–Kier alpha value is -4.90. The molecule has 0 unspecified atom stereocenters. The van der Waals surface area contributed by atoms with Crippen LogP contribution in [0.5, 0.6) is 11.5 Å². The monoisotopic (exact) mass is 691 g/mol. The van der Waals surface area contributed by atoms with Gasteiger partial charge >= 0.3 is 12.1 Å². The number of carboxylic acid groups (broad SMARTS) is 1. The molecule has 0 bridgehead atoms. The van der Waals surface area contributed by atoms with Gasteiger partial charge in [0.1, 0.15) is 21.9 Å². The maximum atomic E-state index is 14.0. The maximum Gasteiger partial charge on any atom is 0.490 e. The van der Waals surface area contributed by atoms with E-state index >= 15 is 0 Å². The smallest absolute Gasteiger partial charge is 0.490 e. The summed E-state index contributed by atoms with van der Waals surface area (Å²) in [5.41, 5.74) is 2.39. The quantitative estimate of drug-likeness (QED) is 0.302. The minimum atomic E-state index is -5.08. The molecule has 17 heteroatoms. The van der Waals surface area contributed by atoms with Crippen LogP contribution >= 0.6 is 0 Å². The number of halogens is 3. The average molecular weight is 692 g/mol. The van der Waals surface area contributed by atoms with E-state index in [0.717, 1.165) is 22.7 Å². The normalized spacial score (nSPS) is 18.7. The van der Waals surface area contributed by atoms with Gasteiger partial charge in [-0.3, -0.25) is 4.79 Å². The van der Waals surface area contributed by atoms with E-state index in [9.17, 15) is 26.4 Å². The van der Waals surface area contributed by atoms with Crippen molar-refractivity contribution in [3.05, 3.63) is 72.3 Å². The third-order valence-corrected chi connectivity index (χ3v) is 10.1. The predicted octanol–water partition coefficient (Wildman–Crippen LogP) is 3.63. The minimum Gasteiger partial charge on any atom is -0.497 e. The maximum absolute atomic E-state index is 14.0. The van der Waals surface area contributed by atoms with Gasteiger partial charge in [-0.1, -0.05) is 36.4 Å². The number of amides is 1. The molecule has 1 N–H and O–H groups in total. The van der Waals surface area contributed by atoms with Crippen molar-refractivity contribution in [2.24, 2.45) is 5.92 Å². The first-order chi connectivity index (χ1) is 22.8. The van der Waals surface area contributed by atoms with Crippen molar-refractivity contribution in [3.8, 4) is 11.5 Å². The van der Waals surface area contributed by atoms with Gasteiger partial charge in [0, 0.05) is 51.3 Å². The number of piperazine rings is 1. The van der Waals surface area contributed by atoms with Crippen molar-refractivity contribution in [1.82, 2.24) is 19.5 Å². The van der Waals surface area contributed by atoms with Crippen LogP contribution in [0.3, 0.4) is 0 Å². The molecule has 0 radical (unpaired) electrons. The van der Waals surface area contributed by atoms with Crippen molar-refractivity contribution in [1.29, 1.82) is 0 Å². The molecule has 48 heavy (non-hydrogen) atoms. The molecule has 4 aromatic rings. The highest BCUT2D eigenvalue weighted by atomic mass is 32.2. The highest BCUT2D eigenvalue weighted by Crippen LogP contribution is 2.38. The number of aromatic nitrogens is 2. The summed E-state index contributed by atoms with van der Waals surface area (Å²) in [7, 11) is -0.709.